The molecule has 110 valence electrons. The fraction of sp³-hybridized carbons (Fsp3) is 0.533. The Morgan fingerprint density at radius 1 is 1.45 bits per heavy atom. The second-order valence-electron chi connectivity index (χ2n) is 5.43. The van der Waals surface area contributed by atoms with E-state index in [9.17, 15) is 9.90 Å². The van der Waals surface area contributed by atoms with Gasteiger partial charge in [0.25, 0.3) is 5.91 Å². The largest absolute Gasteiger partial charge is 0.507 e. The lowest BCUT2D eigenvalue weighted by Crippen LogP contribution is -2.45. The number of nitrogens with zero attached hydrogens (tertiary/aromatic N) is 1. The SMILES string of the molecule is CN(C(=O)c1ccc(Br)c(O)c1)C1CCCCC1CN. The van der Waals surface area contributed by atoms with Crippen molar-refractivity contribution in [2.24, 2.45) is 11.7 Å². The van der Waals surface area contributed by atoms with E-state index in [1.54, 1.807) is 17.0 Å². The lowest BCUT2D eigenvalue weighted by molar-refractivity contribution is 0.0620. The maximum absolute atomic E-state index is 12.5. The number of carbonyl (C=O) groups excluding carboxylic acids is 1. The molecule has 2 unspecified atom stereocenters. The molecule has 0 saturated heterocycles. The number of benzene rings is 1. The first-order valence-corrected chi connectivity index (χ1v) is 7.79. The first kappa shape index (κ1) is 15.3. The van der Waals surface area contributed by atoms with Gasteiger partial charge in [0, 0.05) is 18.7 Å². The summed E-state index contributed by atoms with van der Waals surface area (Å²) in [6, 6.07) is 5.12. The number of amides is 1. The molecule has 1 aliphatic rings. The number of carbonyl (C=O) groups is 1. The monoisotopic (exact) mass is 340 g/mol. The molecule has 0 bridgehead atoms. The van der Waals surface area contributed by atoms with Gasteiger partial charge in [-0.25, -0.2) is 0 Å². The minimum Gasteiger partial charge on any atom is -0.507 e. The molecule has 3 N–H and O–H groups in total. The van der Waals surface area contributed by atoms with Crippen LogP contribution in [0, 0.1) is 5.92 Å². The molecule has 0 spiro atoms. The fourth-order valence-corrected chi connectivity index (χ4v) is 3.22. The molecule has 20 heavy (non-hydrogen) atoms. The number of hydrogen-bond acceptors (Lipinski definition) is 3. The second kappa shape index (κ2) is 6.59. The molecule has 5 heteroatoms. The minimum atomic E-state index is -0.0573. The van der Waals surface area contributed by atoms with Gasteiger partial charge in [-0.3, -0.25) is 4.79 Å². The van der Waals surface area contributed by atoms with Crippen LogP contribution >= 0.6 is 15.9 Å². The lowest BCUT2D eigenvalue weighted by Gasteiger charge is -2.37. The zero-order valence-electron chi connectivity index (χ0n) is 11.7. The summed E-state index contributed by atoms with van der Waals surface area (Å²) in [5, 5.41) is 9.70. The molecule has 1 fully saturated rings. The van der Waals surface area contributed by atoms with Crippen molar-refractivity contribution in [3.05, 3.63) is 28.2 Å². The summed E-state index contributed by atoms with van der Waals surface area (Å²) < 4.78 is 0.592. The second-order valence-corrected chi connectivity index (χ2v) is 6.28. The quantitative estimate of drug-likeness (QED) is 0.888. The van der Waals surface area contributed by atoms with E-state index < -0.39 is 0 Å². The highest BCUT2D eigenvalue weighted by Gasteiger charge is 2.30. The zero-order chi connectivity index (χ0) is 14.7. The smallest absolute Gasteiger partial charge is 0.253 e. The topological polar surface area (TPSA) is 66.6 Å². The van der Waals surface area contributed by atoms with E-state index in [0.717, 1.165) is 19.3 Å². The van der Waals surface area contributed by atoms with Gasteiger partial charge in [-0.05, 0) is 59.4 Å². The van der Waals surface area contributed by atoms with E-state index in [2.05, 4.69) is 15.9 Å². The van der Waals surface area contributed by atoms with E-state index in [1.807, 2.05) is 7.05 Å². The molecule has 0 aromatic heterocycles. The van der Waals surface area contributed by atoms with Gasteiger partial charge in [0.1, 0.15) is 5.75 Å². The van der Waals surface area contributed by atoms with Gasteiger partial charge >= 0.3 is 0 Å². The third kappa shape index (κ3) is 3.15. The van der Waals surface area contributed by atoms with Crippen LogP contribution < -0.4 is 5.73 Å². The van der Waals surface area contributed by atoms with E-state index in [1.165, 1.54) is 12.5 Å². The number of halogens is 1. The first-order valence-electron chi connectivity index (χ1n) is 7.00. The van der Waals surface area contributed by atoms with Crippen molar-refractivity contribution in [2.75, 3.05) is 13.6 Å². The van der Waals surface area contributed by atoms with Crippen molar-refractivity contribution >= 4 is 21.8 Å². The Hall–Kier alpha value is -1.07. The van der Waals surface area contributed by atoms with Crippen LogP contribution in [0.5, 0.6) is 5.75 Å². The highest BCUT2D eigenvalue weighted by atomic mass is 79.9. The normalized spacial score (nSPS) is 22.6. The van der Waals surface area contributed by atoms with Crippen molar-refractivity contribution in [3.63, 3.8) is 0 Å². The minimum absolute atomic E-state index is 0.0573. The van der Waals surface area contributed by atoms with Gasteiger partial charge in [-0.15, -0.1) is 0 Å². The van der Waals surface area contributed by atoms with Crippen molar-refractivity contribution < 1.29 is 9.90 Å². The first-order chi connectivity index (χ1) is 9.54. The predicted molar refractivity (Wildman–Crippen MR) is 82.7 cm³/mol. The van der Waals surface area contributed by atoms with Crippen LogP contribution in [0.1, 0.15) is 36.0 Å². The molecule has 1 aromatic carbocycles. The molecule has 0 aliphatic heterocycles. The maximum Gasteiger partial charge on any atom is 0.253 e. The Balaban J connectivity index is 2.16. The molecule has 2 rings (SSSR count). The highest BCUT2D eigenvalue weighted by Crippen LogP contribution is 2.29. The molecular weight excluding hydrogens is 320 g/mol. The number of hydrogen-bond donors (Lipinski definition) is 2. The molecule has 0 heterocycles. The third-order valence-corrected chi connectivity index (χ3v) is 4.85. The Morgan fingerprint density at radius 3 is 2.80 bits per heavy atom. The third-order valence-electron chi connectivity index (χ3n) is 4.18. The van der Waals surface area contributed by atoms with Crippen LogP contribution in [0.25, 0.3) is 0 Å². The standard InChI is InChI=1S/C15H21BrN2O2/c1-18(13-5-3-2-4-11(13)9-17)15(20)10-6-7-12(16)14(19)8-10/h6-8,11,13,19H,2-5,9,17H2,1H3. The van der Waals surface area contributed by atoms with Gasteiger partial charge in [0.05, 0.1) is 4.47 Å². The van der Waals surface area contributed by atoms with E-state index >= 15 is 0 Å². The van der Waals surface area contributed by atoms with Crippen LogP contribution in [-0.2, 0) is 0 Å². The van der Waals surface area contributed by atoms with Crippen molar-refractivity contribution in [3.8, 4) is 5.75 Å². The average molecular weight is 341 g/mol. The number of phenolic OH excluding ortho intramolecular Hbond substituents is 1. The number of phenols is 1. The summed E-state index contributed by atoms with van der Waals surface area (Å²) in [5.74, 6) is 0.406. The Bertz CT molecular complexity index is 493. The summed E-state index contributed by atoms with van der Waals surface area (Å²) in [6.45, 7) is 0.619. The van der Waals surface area contributed by atoms with Gasteiger partial charge in [0.15, 0.2) is 0 Å². The molecule has 2 atom stereocenters. The van der Waals surface area contributed by atoms with Crippen molar-refractivity contribution in [1.29, 1.82) is 0 Å². The van der Waals surface area contributed by atoms with Gasteiger partial charge in [-0.1, -0.05) is 12.8 Å². The summed E-state index contributed by atoms with van der Waals surface area (Å²) >= 11 is 3.22. The van der Waals surface area contributed by atoms with Crippen LogP contribution in [0.3, 0.4) is 0 Å². The van der Waals surface area contributed by atoms with Gasteiger partial charge in [0.2, 0.25) is 0 Å². The molecule has 1 aromatic rings. The van der Waals surface area contributed by atoms with Crippen molar-refractivity contribution in [2.45, 2.75) is 31.7 Å². The summed E-state index contributed by atoms with van der Waals surface area (Å²) in [4.78, 5) is 14.3. The summed E-state index contributed by atoms with van der Waals surface area (Å²) in [5.41, 5.74) is 6.34. The van der Waals surface area contributed by atoms with Crippen molar-refractivity contribution in [1.82, 2.24) is 4.90 Å². The van der Waals surface area contributed by atoms with Gasteiger partial charge in [-0.2, -0.15) is 0 Å². The molecule has 4 nitrogen and oxygen atoms in total. The maximum atomic E-state index is 12.5. The number of aromatic hydroxyl groups is 1. The predicted octanol–water partition coefficient (Wildman–Crippen LogP) is 2.74. The highest BCUT2D eigenvalue weighted by molar-refractivity contribution is 9.10. The van der Waals surface area contributed by atoms with E-state index in [0.29, 0.717) is 22.5 Å². The zero-order valence-corrected chi connectivity index (χ0v) is 13.3. The Morgan fingerprint density at radius 2 is 2.15 bits per heavy atom. The summed E-state index contributed by atoms with van der Waals surface area (Å²) in [7, 11) is 1.83. The summed E-state index contributed by atoms with van der Waals surface area (Å²) in [6.07, 6.45) is 4.43. The molecule has 1 saturated carbocycles. The number of nitrogens with two attached hydrogens (primary N) is 1. The van der Waals surface area contributed by atoms with Crippen LogP contribution in [0.4, 0.5) is 0 Å². The van der Waals surface area contributed by atoms with Gasteiger partial charge < -0.3 is 15.7 Å². The average Bonchev–Trinajstić information content (AvgIpc) is 2.48. The van der Waals surface area contributed by atoms with E-state index in [4.69, 9.17) is 5.73 Å². The molecule has 0 radical (unpaired) electrons. The van der Waals surface area contributed by atoms with Crippen LogP contribution in [0.2, 0.25) is 0 Å². The Labute approximate surface area is 128 Å². The van der Waals surface area contributed by atoms with Crippen LogP contribution in [0.15, 0.2) is 22.7 Å². The Kier molecular flexibility index (Phi) is 5.05. The van der Waals surface area contributed by atoms with Crippen LogP contribution in [-0.4, -0.2) is 35.5 Å². The molecule has 1 amide bonds. The lowest BCUT2D eigenvalue weighted by atomic mass is 9.83. The number of rotatable bonds is 3. The fourth-order valence-electron chi connectivity index (χ4n) is 2.97. The van der Waals surface area contributed by atoms with E-state index in [-0.39, 0.29) is 17.7 Å². The molecular formula is C15H21BrN2O2. The molecule has 1 aliphatic carbocycles.